The van der Waals surface area contributed by atoms with Crippen molar-refractivity contribution >= 4 is 0 Å². The lowest BCUT2D eigenvalue weighted by atomic mass is 10.2. The minimum absolute atomic E-state index is 0.185. The summed E-state index contributed by atoms with van der Waals surface area (Å²) in [7, 11) is 3.07. The first kappa shape index (κ1) is 13.1. The summed E-state index contributed by atoms with van der Waals surface area (Å²) in [5, 5.41) is 0. The summed E-state index contributed by atoms with van der Waals surface area (Å²) in [5.41, 5.74) is 1.02. The summed E-state index contributed by atoms with van der Waals surface area (Å²) in [5.74, 6) is 0.707. The van der Waals surface area contributed by atoms with Crippen molar-refractivity contribution in [2.45, 2.75) is 13.5 Å². The van der Waals surface area contributed by atoms with Gasteiger partial charge in [0.15, 0.2) is 0 Å². The van der Waals surface area contributed by atoms with Crippen LogP contribution in [0.1, 0.15) is 11.3 Å². The van der Waals surface area contributed by atoms with Crippen LogP contribution in [0.25, 0.3) is 0 Å². The number of hydrogen-bond donors (Lipinski definition) is 0. The van der Waals surface area contributed by atoms with E-state index in [0.717, 1.165) is 10.1 Å². The maximum atomic E-state index is 11.7. The van der Waals surface area contributed by atoms with Crippen LogP contribution in [-0.2, 0) is 20.7 Å². The highest BCUT2D eigenvalue weighted by Gasteiger charge is 2.06. The van der Waals surface area contributed by atoms with Gasteiger partial charge >= 0.3 is 5.69 Å². The van der Waals surface area contributed by atoms with Crippen LogP contribution < -0.4 is 16.0 Å². The van der Waals surface area contributed by atoms with Crippen LogP contribution in [0.4, 0.5) is 0 Å². The van der Waals surface area contributed by atoms with Gasteiger partial charge in [0.1, 0.15) is 12.4 Å². The first-order valence-electron chi connectivity index (χ1n) is 5.94. The third-order valence-electron chi connectivity index (χ3n) is 3.03. The molecule has 0 spiro atoms. The molecule has 0 atom stereocenters. The number of aromatic nitrogens is 2. The van der Waals surface area contributed by atoms with Crippen LogP contribution in [0.5, 0.6) is 5.75 Å². The standard InChI is InChI=1S/C14H16N2O3/c1-10-4-6-12(7-5-10)19-9-11-8-13(17)16(3)14(18)15(11)2/h4-8H,9H2,1-3H3. The first-order chi connectivity index (χ1) is 8.99. The molecule has 0 N–H and O–H groups in total. The van der Waals surface area contributed by atoms with E-state index in [1.807, 2.05) is 31.2 Å². The Hall–Kier alpha value is -2.30. The Morgan fingerprint density at radius 2 is 1.68 bits per heavy atom. The van der Waals surface area contributed by atoms with Crippen molar-refractivity contribution in [2.75, 3.05) is 0 Å². The van der Waals surface area contributed by atoms with Gasteiger partial charge < -0.3 is 4.74 Å². The van der Waals surface area contributed by atoms with E-state index >= 15 is 0 Å². The van der Waals surface area contributed by atoms with Gasteiger partial charge in [0.2, 0.25) is 0 Å². The zero-order chi connectivity index (χ0) is 14.0. The molecule has 1 aromatic carbocycles. The molecule has 1 aromatic heterocycles. The molecule has 0 radical (unpaired) electrons. The van der Waals surface area contributed by atoms with E-state index in [9.17, 15) is 9.59 Å². The maximum Gasteiger partial charge on any atom is 0.330 e. The highest BCUT2D eigenvalue weighted by atomic mass is 16.5. The predicted octanol–water partition coefficient (Wildman–Crippen LogP) is 0.971. The quantitative estimate of drug-likeness (QED) is 0.826. The smallest absolute Gasteiger partial charge is 0.330 e. The van der Waals surface area contributed by atoms with E-state index in [1.54, 1.807) is 7.05 Å². The van der Waals surface area contributed by atoms with Crippen LogP contribution in [0.3, 0.4) is 0 Å². The molecule has 1 heterocycles. The molecule has 5 heteroatoms. The molecule has 0 aliphatic rings. The van der Waals surface area contributed by atoms with E-state index < -0.39 is 0 Å². The SMILES string of the molecule is Cc1ccc(OCc2cc(=O)n(C)c(=O)n2C)cc1. The number of rotatable bonds is 3. The van der Waals surface area contributed by atoms with Crippen molar-refractivity contribution in [1.82, 2.24) is 9.13 Å². The number of benzene rings is 1. The number of aryl methyl sites for hydroxylation is 1. The average molecular weight is 260 g/mol. The van der Waals surface area contributed by atoms with Crippen molar-refractivity contribution in [3.8, 4) is 5.75 Å². The fourth-order valence-electron chi connectivity index (χ4n) is 1.71. The van der Waals surface area contributed by atoms with E-state index in [2.05, 4.69) is 0 Å². The van der Waals surface area contributed by atoms with Gasteiger partial charge in [-0.3, -0.25) is 13.9 Å². The Bertz CT molecular complexity index is 696. The van der Waals surface area contributed by atoms with Crippen LogP contribution in [0, 0.1) is 6.92 Å². The summed E-state index contributed by atoms with van der Waals surface area (Å²) < 4.78 is 8.05. The molecule has 0 fully saturated rings. The second-order valence-corrected chi connectivity index (χ2v) is 4.48. The molecule has 0 saturated carbocycles. The lowest BCUT2D eigenvalue weighted by Gasteiger charge is -2.11. The monoisotopic (exact) mass is 260 g/mol. The van der Waals surface area contributed by atoms with E-state index in [1.165, 1.54) is 17.7 Å². The average Bonchev–Trinajstić information content (AvgIpc) is 2.41. The maximum absolute atomic E-state index is 11.7. The molecule has 0 aliphatic carbocycles. The summed E-state index contributed by atoms with van der Waals surface area (Å²) in [4.78, 5) is 23.3. The highest BCUT2D eigenvalue weighted by Crippen LogP contribution is 2.12. The number of ether oxygens (including phenoxy) is 1. The Labute approximate surface area is 110 Å². The van der Waals surface area contributed by atoms with E-state index in [0.29, 0.717) is 11.4 Å². The summed E-state index contributed by atoms with van der Waals surface area (Å²) in [6, 6.07) is 9.01. The topological polar surface area (TPSA) is 53.2 Å². The molecule has 2 aromatic rings. The Morgan fingerprint density at radius 1 is 1.05 bits per heavy atom. The van der Waals surface area contributed by atoms with Crippen molar-refractivity contribution in [3.63, 3.8) is 0 Å². The highest BCUT2D eigenvalue weighted by molar-refractivity contribution is 5.26. The second kappa shape index (κ2) is 5.14. The fraction of sp³-hybridized carbons (Fsp3) is 0.286. The molecule has 0 amide bonds. The predicted molar refractivity (Wildman–Crippen MR) is 72.4 cm³/mol. The summed E-state index contributed by atoms with van der Waals surface area (Å²) in [6.07, 6.45) is 0. The molecular weight excluding hydrogens is 244 g/mol. The van der Waals surface area contributed by atoms with Gasteiger partial charge in [-0.2, -0.15) is 0 Å². The third-order valence-corrected chi connectivity index (χ3v) is 3.03. The van der Waals surface area contributed by atoms with E-state index in [4.69, 9.17) is 4.74 Å². The van der Waals surface area contributed by atoms with Crippen LogP contribution in [-0.4, -0.2) is 9.13 Å². The van der Waals surface area contributed by atoms with Gasteiger partial charge in [-0.25, -0.2) is 4.79 Å². The number of hydrogen-bond acceptors (Lipinski definition) is 3. The second-order valence-electron chi connectivity index (χ2n) is 4.48. The molecular formula is C14H16N2O3. The minimum Gasteiger partial charge on any atom is -0.487 e. The zero-order valence-corrected chi connectivity index (χ0v) is 11.2. The van der Waals surface area contributed by atoms with Gasteiger partial charge in [-0.1, -0.05) is 17.7 Å². The summed E-state index contributed by atoms with van der Waals surface area (Å²) >= 11 is 0. The minimum atomic E-state index is -0.352. The zero-order valence-electron chi connectivity index (χ0n) is 11.2. The van der Waals surface area contributed by atoms with Crippen LogP contribution >= 0.6 is 0 Å². The lowest BCUT2D eigenvalue weighted by molar-refractivity contribution is 0.293. The molecule has 19 heavy (non-hydrogen) atoms. The largest absolute Gasteiger partial charge is 0.487 e. The van der Waals surface area contributed by atoms with Crippen molar-refractivity contribution in [2.24, 2.45) is 14.1 Å². The van der Waals surface area contributed by atoms with Crippen molar-refractivity contribution < 1.29 is 4.74 Å². The molecule has 0 unspecified atom stereocenters. The van der Waals surface area contributed by atoms with Crippen molar-refractivity contribution in [1.29, 1.82) is 0 Å². The van der Waals surface area contributed by atoms with Crippen LogP contribution in [0.2, 0.25) is 0 Å². The van der Waals surface area contributed by atoms with Gasteiger partial charge in [0.05, 0.1) is 5.69 Å². The van der Waals surface area contributed by atoms with Gasteiger partial charge in [0, 0.05) is 20.2 Å². The number of nitrogens with zero attached hydrogens (tertiary/aromatic N) is 2. The molecule has 0 saturated heterocycles. The molecule has 0 aliphatic heterocycles. The van der Waals surface area contributed by atoms with Gasteiger partial charge in [-0.05, 0) is 19.1 Å². The van der Waals surface area contributed by atoms with E-state index in [-0.39, 0.29) is 17.9 Å². The molecule has 0 bridgehead atoms. The Kier molecular flexibility index (Phi) is 3.55. The lowest BCUT2D eigenvalue weighted by Crippen LogP contribution is -2.38. The van der Waals surface area contributed by atoms with Crippen LogP contribution in [0.15, 0.2) is 39.9 Å². The molecule has 5 nitrogen and oxygen atoms in total. The van der Waals surface area contributed by atoms with Gasteiger partial charge in [-0.15, -0.1) is 0 Å². The van der Waals surface area contributed by atoms with Crippen molar-refractivity contribution in [3.05, 3.63) is 62.4 Å². The molecule has 100 valence electrons. The summed E-state index contributed by atoms with van der Waals surface area (Å²) in [6.45, 7) is 2.18. The van der Waals surface area contributed by atoms with Gasteiger partial charge in [0.25, 0.3) is 5.56 Å². The molecule has 2 rings (SSSR count). The third kappa shape index (κ3) is 2.76. The fourth-order valence-corrected chi connectivity index (χ4v) is 1.71. The first-order valence-corrected chi connectivity index (χ1v) is 5.94. The normalized spacial score (nSPS) is 10.5. The Balaban J connectivity index is 2.23. The Morgan fingerprint density at radius 3 is 2.32 bits per heavy atom.